The van der Waals surface area contributed by atoms with Gasteiger partial charge in [-0.1, -0.05) is 0 Å². The summed E-state index contributed by atoms with van der Waals surface area (Å²) in [4.78, 5) is 21.2. The molecule has 3 N–H and O–H groups in total. The number of nitrogens with zero attached hydrogens (tertiary/aromatic N) is 4. The highest BCUT2D eigenvalue weighted by Gasteiger charge is 2.58. The van der Waals surface area contributed by atoms with Crippen LogP contribution in [0.15, 0.2) is 29.3 Å². The first-order chi connectivity index (χ1) is 16.2. The van der Waals surface area contributed by atoms with Gasteiger partial charge in [0.2, 0.25) is 12.1 Å². The highest BCUT2D eigenvalue weighted by atomic mass is 19.1. The minimum Gasteiger partial charge on any atom is -0.369 e. The minimum atomic E-state index is -0.430. The number of rotatable bonds is 5. The van der Waals surface area contributed by atoms with Gasteiger partial charge in [0.15, 0.2) is 0 Å². The van der Waals surface area contributed by atoms with Crippen LogP contribution in [0.25, 0.3) is 0 Å². The van der Waals surface area contributed by atoms with Gasteiger partial charge in [-0.3, -0.25) is 9.69 Å². The van der Waals surface area contributed by atoms with E-state index in [1.54, 1.807) is 0 Å². The molecule has 182 valence electrons. The number of amides is 1. The summed E-state index contributed by atoms with van der Waals surface area (Å²) in [5.41, 5.74) is 6.13. The molecule has 8 heteroatoms. The third kappa shape index (κ3) is 3.94. The second-order valence-electron chi connectivity index (χ2n) is 11.4. The van der Waals surface area contributed by atoms with E-state index in [0.717, 1.165) is 69.8 Å². The number of amidine groups is 1. The quantitative estimate of drug-likeness (QED) is 0.395. The van der Waals surface area contributed by atoms with Gasteiger partial charge in [0.1, 0.15) is 11.7 Å². The van der Waals surface area contributed by atoms with Crippen LogP contribution in [0.4, 0.5) is 10.1 Å². The first-order valence-corrected chi connectivity index (χ1v) is 12.5. The zero-order valence-corrected chi connectivity index (χ0v) is 20.1. The van der Waals surface area contributed by atoms with E-state index in [1.807, 2.05) is 18.3 Å². The summed E-state index contributed by atoms with van der Waals surface area (Å²) in [5, 5.41) is 13.2. The van der Waals surface area contributed by atoms with Crippen molar-refractivity contribution in [1.82, 2.24) is 10.2 Å². The summed E-state index contributed by atoms with van der Waals surface area (Å²) in [6, 6.07) is 6.88. The zero-order valence-electron chi connectivity index (χ0n) is 20.1. The van der Waals surface area contributed by atoms with Crippen LogP contribution in [0, 0.1) is 40.4 Å². The highest BCUT2D eigenvalue weighted by molar-refractivity contribution is 5.92. The Bertz CT molecular complexity index is 991. The van der Waals surface area contributed by atoms with Crippen LogP contribution in [0.5, 0.6) is 0 Å². The zero-order chi connectivity index (χ0) is 24.1. The van der Waals surface area contributed by atoms with Crippen molar-refractivity contribution in [2.75, 3.05) is 31.1 Å². The maximum absolute atomic E-state index is 13.3. The molecule has 4 bridgehead atoms. The first-order valence-electron chi connectivity index (χ1n) is 12.5. The van der Waals surface area contributed by atoms with Crippen LogP contribution in [-0.2, 0) is 4.79 Å². The average molecular weight is 467 g/mol. The number of primary amides is 1. The summed E-state index contributed by atoms with van der Waals surface area (Å²) in [6.07, 6.45) is 6.93. The Kier molecular flexibility index (Phi) is 5.79. The van der Waals surface area contributed by atoms with E-state index in [-0.39, 0.29) is 23.2 Å². The number of carbonyl (C=O) groups is 1. The first kappa shape index (κ1) is 23.1. The Hall–Kier alpha value is -2.66. The topological polar surface area (TPSA) is 97.8 Å². The predicted molar refractivity (Wildman–Crippen MR) is 129 cm³/mol. The Balaban J connectivity index is 1.28. The average Bonchev–Trinajstić information content (AvgIpc) is 2.81. The monoisotopic (exact) mass is 466 g/mol. The van der Waals surface area contributed by atoms with Crippen LogP contribution >= 0.6 is 0 Å². The van der Waals surface area contributed by atoms with Crippen molar-refractivity contribution in [3.8, 4) is 6.19 Å². The van der Waals surface area contributed by atoms with Crippen molar-refractivity contribution in [3.05, 3.63) is 30.1 Å². The normalized spacial score (nSPS) is 33.6. The van der Waals surface area contributed by atoms with Gasteiger partial charge in [0.05, 0.1) is 5.54 Å². The molecule has 1 heterocycles. The van der Waals surface area contributed by atoms with E-state index in [2.05, 4.69) is 34.0 Å². The van der Waals surface area contributed by atoms with Crippen LogP contribution in [-0.4, -0.2) is 54.4 Å². The van der Waals surface area contributed by atoms with Gasteiger partial charge in [-0.2, -0.15) is 10.3 Å². The smallest absolute Gasteiger partial charge is 0.223 e. The summed E-state index contributed by atoms with van der Waals surface area (Å²) in [5.74, 6) is 1.75. The summed E-state index contributed by atoms with van der Waals surface area (Å²) >= 11 is 0. The number of hydrogen-bond donors (Lipinski definition) is 2. The van der Waals surface area contributed by atoms with Crippen LogP contribution < -0.4 is 16.0 Å². The van der Waals surface area contributed by atoms with Gasteiger partial charge in [-0.25, -0.2) is 4.39 Å². The summed E-state index contributed by atoms with van der Waals surface area (Å²) < 4.78 is 13.3. The third-order valence-electron chi connectivity index (χ3n) is 9.10. The van der Waals surface area contributed by atoms with Crippen LogP contribution in [0.1, 0.15) is 46.0 Å². The van der Waals surface area contributed by atoms with Gasteiger partial charge in [0.25, 0.3) is 0 Å². The molecule has 0 aromatic heterocycles. The molecule has 0 spiro atoms. The largest absolute Gasteiger partial charge is 0.369 e. The van der Waals surface area contributed by atoms with Crippen LogP contribution in [0.2, 0.25) is 0 Å². The Morgan fingerprint density at radius 3 is 2.32 bits per heavy atom. The van der Waals surface area contributed by atoms with Crippen molar-refractivity contribution >= 4 is 17.4 Å². The molecule has 34 heavy (non-hydrogen) atoms. The molecule has 6 rings (SSSR count). The molecule has 1 aromatic rings. The fourth-order valence-corrected chi connectivity index (χ4v) is 7.44. The lowest BCUT2D eigenvalue weighted by molar-refractivity contribution is -0.145. The summed E-state index contributed by atoms with van der Waals surface area (Å²) in [6.45, 7) is 7.55. The molecule has 2 unspecified atom stereocenters. The summed E-state index contributed by atoms with van der Waals surface area (Å²) in [7, 11) is 0. The molecule has 4 saturated carbocycles. The molecular formula is C26H35FN6O. The Morgan fingerprint density at radius 1 is 1.15 bits per heavy atom. The number of hydrogen-bond acceptors (Lipinski definition) is 5. The number of carbonyl (C=O) groups excluding carboxylic acids is 1. The number of nitrogens with one attached hydrogen (secondary N) is 1. The number of anilines is 1. The fourth-order valence-electron chi connectivity index (χ4n) is 7.44. The van der Waals surface area contributed by atoms with E-state index in [0.29, 0.717) is 17.8 Å². The molecule has 5 fully saturated rings. The van der Waals surface area contributed by atoms with E-state index in [1.165, 1.54) is 12.1 Å². The molecular weight excluding hydrogens is 431 g/mol. The molecule has 4 aliphatic carbocycles. The second-order valence-corrected chi connectivity index (χ2v) is 11.4. The second kappa shape index (κ2) is 8.53. The molecule has 7 nitrogen and oxygen atoms in total. The van der Waals surface area contributed by atoms with Crippen molar-refractivity contribution in [3.63, 3.8) is 0 Å². The maximum atomic E-state index is 13.3. The van der Waals surface area contributed by atoms with Crippen molar-refractivity contribution in [2.24, 2.45) is 33.9 Å². The SMILES string of the molecule is CC(C)(/C(=N\C#N)NC1C2CC3CC1CC(C(N)=O)(C3)C2)N1CCN(c2ccc(F)cc2)CC1. The Morgan fingerprint density at radius 2 is 1.76 bits per heavy atom. The van der Waals surface area contributed by atoms with E-state index in [9.17, 15) is 14.4 Å². The van der Waals surface area contributed by atoms with Gasteiger partial charge in [0, 0.05) is 43.3 Å². The molecule has 1 aromatic carbocycles. The number of nitrogens with two attached hydrogens (primary N) is 1. The van der Waals surface area contributed by atoms with E-state index < -0.39 is 5.54 Å². The van der Waals surface area contributed by atoms with Gasteiger partial charge >= 0.3 is 0 Å². The maximum Gasteiger partial charge on any atom is 0.223 e. The van der Waals surface area contributed by atoms with Crippen molar-refractivity contribution in [1.29, 1.82) is 5.26 Å². The molecule has 2 atom stereocenters. The lowest BCUT2D eigenvalue weighted by Gasteiger charge is -2.59. The molecule has 0 radical (unpaired) electrons. The molecule has 1 saturated heterocycles. The molecule has 1 aliphatic heterocycles. The van der Waals surface area contributed by atoms with E-state index in [4.69, 9.17) is 5.73 Å². The van der Waals surface area contributed by atoms with Gasteiger partial charge < -0.3 is 16.0 Å². The number of aliphatic imine (C=N–C) groups is 1. The molecule has 5 aliphatic rings. The third-order valence-corrected chi connectivity index (χ3v) is 9.10. The van der Waals surface area contributed by atoms with Crippen molar-refractivity contribution < 1.29 is 9.18 Å². The van der Waals surface area contributed by atoms with Gasteiger partial charge in [-0.05, 0) is 88.0 Å². The standard InChI is InChI=1S/C26H35FN6O/c1-25(2,33-9-7-32(8-10-33)21-5-3-20(27)4-6-21)24(30-16-28)31-22-18-11-17-12-19(22)15-26(13-17,14-18)23(29)34/h3-6,17-19,22H,7-15H2,1-2H3,(H2,29,34)(H,30,31). The number of halogens is 1. The highest BCUT2D eigenvalue weighted by Crippen LogP contribution is 2.60. The Labute approximate surface area is 201 Å². The van der Waals surface area contributed by atoms with E-state index >= 15 is 0 Å². The fraction of sp³-hybridized carbons (Fsp3) is 0.654. The number of piperazine rings is 1. The lowest BCUT2D eigenvalue weighted by Crippen LogP contribution is -2.66. The van der Waals surface area contributed by atoms with Crippen LogP contribution in [0.3, 0.4) is 0 Å². The minimum absolute atomic E-state index is 0.129. The van der Waals surface area contributed by atoms with Gasteiger partial charge in [-0.15, -0.1) is 0 Å². The molecule has 1 amide bonds. The van der Waals surface area contributed by atoms with Crippen molar-refractivity contribution in [2.45, 2.75) is 57.5 Å². The number of nitriles is 1. The predicted octanol–water partition coefficient (Wildman–Crippen LogP) is 2.88. The lowest BCUT2D eigenvalue weighted by atomic mass is 9.47. The number of benzene rings is 1.